The van der Waals surface area contributed by atoms with E-state index in [1.165, 1.54) is 24.2 Å². The van der Waals surface area contributed by atoms with Crippen LogP contribution in [0.5, 0.6) is 0 Å². The van der Waals surface area contributed by atoms with E-state index in [4.69, 9.17) is 4.42 Å². The molecule has 0 bridgehead atoms. The molecule has 0 aliphatic heterocycles. The van der Waals surface area contributed by atoms with Crippen molar-refractivity contribution in [3.63, 3.8) is 0 Å². The molecular formula is C12H19NO. The molecule has 0 fully saturated rings. The van der Waals surface area contributed by atoms with Crippen LogP contribution in [0.25, 0.3) is 0 Å². The standard InChI is InChI=1S/C12H19NO/c1-8(2)12-7-9-10(13-3)5-4-6-11(9)14-12/h7-8,10,13H,4-6H2,1-3H3. The minimum absolute atomic E-state index is 0.498. The molecule has 1 aliphatic rings. The lowest BCUT2D eigenvalue weighted by Crippen LogP contribution is -2.20. The van der Waals surface area contributed by atoms with E-state index in [0.717, 1.165) is 12.2 Å². The van der Waals surface area contributed by atoms with Crippen molar-refractivity contribution in [3.8, 4) is 0 Å². The fourth-order valence-corrected chi connectivity index (χ4v) is 2.16. The van der Waals surface area contributed by atoms with Crippen LogP contribution in [0.4, 0.5) is 0 Å². The maximum absolute atomic E-state index is 5.86. The maximum Gasteiger partial charge on any atom is 0.108 e. The van der Waals surface area contributed by atoms with Gasteiger partial charge in [0, 0.05) is 23.9 Å². The molecule has 2 rings (SSSR count). The summed E-state index contributed by atoms with van der Waals surface area (Å²) in [6, 6.07) is 2.75. The Kier molecular flexibility index (Phi) is 2.64. The van der Waals surface area contributed by atoms with Gasteiger partial charge in [0.2, 0.25) is 0 Å². The van der Waals surface area contributed by atoms with Gasteiger partial charge in [0.25, 0.3) is 0 Å². The fourth-order valence-electron chi connectivity index (χ4n) is 2.16. The summed E-state index contributed by atoms with van der Waals surface area (Å²) in [6.07, 6.45) is 3.59. The van der Waals surface area contributed by atoms with E-state index in [1.54, 1.807) is 0 Å². The van der Waals surface area contributed by atoms with Crippen molar-refractivity contribution in [1.82, 2.24) is 5.32 Å². The van der Waals surface area contributed by atoms with Gasteiger partial charge in [-0.05, 0) is 26.0 Å². The first-order chi connectivity index (χ1) is 6.72. The average molecular weight is 193 g/mol. The molecule has 1 unspecified atom stereocenters. The Bertz CT molecular complexity index is 314. The monoisotopic (exact) mass is 193 g/mol. The minimum Gasteiger partial charge on any atom is -0.465 e. The number of rotatable bonds is 2. The third-order valence-electron chi connectivity index (χ3n) is 3.05. The molecule has 2 nitrogen and oxygen atoms in total. The molecule has 0 radical (unpaired) electrons. The second-order valence-corrected chi connectivity index (χ2v) is 4.42. The molecule has 78 valence electrons. The lowest BCUT2D eigenvalue weighted by molar-refractivity contribution is 0.403. The van der Waals surface area contributed by atoms with E-state index in [-0.39, 0.29) is 0 Å². The molecule has 1 atom stereocenters. The van der Waals surface area contributed by atoms with Crippen LogP contribution in [0.3, 0.4) is 0 Å². The first kappa shape index (κ1) is 9.78. The highest BCUT2D eigenvalue weighted by molar-refractivity contribution is 5.28. The average Bonchev–Trinajstić information content (AvgIpc) is 2.60. The Hall–Kier alpha value is -0.760. The molecule has 0 spiro atoms. The maximum atomic E-state index is 5.86. The smallest absolute Gasteiger partial charge is 0.108 e. The Morgan fingerprint density at radius 3 is 2.93 bits per heavy atom. The molecule has 1 aromatic rings. The lowest BCUT2D eigenvalue weighted by atomic mass is 9.93. The van der Waals surface area contributed by atoms with E-state index in [9.17, 15) is 0 Å². The molecule has 1 heterocycles. The molecule has 0 aromatic carbocycles. The topological polar surface area (TPSA) is 25.2 Å². The van der Waals surface area contributed by atoms with Gasteiger partial charge in [-0.25, -0.2) is 0 Å². The predicted molar refractivity (Wildman–Crippen MR) is 57.5 cm³/mol. The van der Waals surface area contributed by atoms with Gasteiger partial charge in [-0.15, -0.1) is 0 Å². The number of fused-ring (bicyclic) bond motifs is 1. The van der Waals surface area contributed by atoms with Crippen LogP contribution < -0.4 is 5.32 Å². The van der Waals surface area contributed by atoms with Gasteiger partial charge in [-0.1, -0.05) is 13.8 Å². The molecule has 1 N–H and O–H groups in total. The third-order valence-corrected chi connectivity index (χ3v) is 3.05. The summed E-state index contributed by atoms with van der Waals surface area (Å²) in [7, 11) is 2.03. The number of hydrogen-bond acceptors (Lipinski definition) is 2. The van der Waals surface area contributed by atoms with Gasteiger partial charge in [-0.2, -0.15) is 0 Å². The zero-order chi connectivity index (χ0) is 10.1. The van der Waals surface area contributed by atoms with Crippen LogP contribution in [0.2, 0.25) is 0 Å². The van der Waals surface area contributed by atoms with Crippen LogP contribution in [0, 0.1) is 0 Å². The second-order valence-electron chi connectivity index (χ2n) is 4.42. The van der Waals surface area contributed by atoms with E-state index in [1.807, 2.05) is 7.05 Å². The highest BCUT2D eigenvalue weighted by Gasteiger charge is 2.23. The van der Waals surface area contributed by atoms with Crippen LogP contribution >= 0.6 is 0 Å². The van der Waals surface area contributed by atoms with E-state index < -0.39 is 0 Å². The van der Waals surface area contributed by atoms with Crippen molar-refractivity contribution < 1.29 is 4.42 Å². The highest BCUT2D eigenvalue weighted by atomic mass is 16.3. The normalized spacial score (nSPS) is 21.3. The van der Waals surface area contributed by atoms with Crippen LogP contribution in [0.15, 0.2) is 10.5 Å². The number of furan rings is 1. The summed E-state index contributed by atoms with van der Waals surface area (Å²) in [4.78, 5) is 0. The lowest BCUT2D eigenvalue weighted by Gasteiger charge is -2.20. The van der Waals surface area contributed by atoms with Gasteiger partial charge in [-0.3, -0.25) is 0 Å². The zero-order valence-electron chi connectivity index (χ0n) is 9.26. The third kappa shape index (κ3) is 1.59. The first-order valence-electron chi connectivity index (χ1n) is 5.52. The molecule has 2 heteroatoms. The predicted octanol–water partition coefficient (Wildman–Crippen LogP) is 3.00. The Balaban J connectivity index is 2.33. The molecule has 1 aromatic heterocycles. The number of hydrogen-bond donors (Lipinski definition) is 1. The highest BCUT2D eigenvalue weighted by Crippen LogP contribution is 2.33. The van der Waals surface area contributed by atoms with Crippen molar-refractivity contribution in [2.24, 2.45) is 0 Å². The summed E-state index contributed by atoms with van der Waals surface area (Å²) in [5, 5.41) is 3.35. The van der Waals surface area contributed by atoms with Gasteiger partial charge in [0.15, 0.2) is 0 Å². The van der Waals surface area contributed by atoms with Crippen LogP contribution in [-0.2, 0) is 6.42 Å². The molecule has 14 heavy (non-hydrogen) atoms. The molecule has 1 aliphatic carbocycles. The van der Waals surface area contributed by atoms with E-state index >= 15 is 0 Å². The van der Waals surface area contributed by atoms with Crippen molar-refractivity contribution in [1.29, 1.82) is 0 Å². The van der Waals surface area contributed by atoms with Gasteiger partial charge in [0.1, 0.15) is 11.5 Å². The van der Waals surface area contributed by atoms with Crippen LogP contribution in [-0.4, -0.2) is 7.05 Å². The van der Waals surface area contributed by atoms with Crippen molar-refractivity contribution in [2.45, 2.75) is 45.1 Å². The first-order valence-corrected chi connectivity index (χ1v) is 5.52. The number of aryl methyl sites for hydroxylation is 1. The van der Waals surface area contributed by atoms with E-state index in [2.05, 4.69) is 25.2 Å². The summed E-state index contributed by atoms with van der Waals surface area (Å²) >= 11 is 0. The SMILES string of the molecule is CNC1CCCc2oc(C(C)C)cc21. The summed E-state index contributed by atoms with van der Waals surface area (Å²) in [5.41, 5.74) is 1.39. The Morgan fingerprint density at radius 1 is 1.50 bits per heavy atom. The van der Waals surface area contributed by atoms with E-state index in [0.29, 0.717) is 12.0 Å². The van der Waals surface area contributed by atoms with Gasteiger partial charge >= 0.3 is 0 Å². The van der Waals surface area contributed by atoms with Gasteiger partial charge in [0.05, 0.1) is 0 Å². The molecular weight excluding hydrogens is 174 g/mol. The van der Waals surface area contributed by atoms with Crippen molar-refractivity contribution >= 4 is 0 Å². The molecule has 0 saturated carbocycles. The second kappa shape index (κ2) is 3.77. The fraction of sp³-hybridized carbons (Fsp3) is 0.667. The van der Waals surface area contributed by atoms with Gasteiger partial charge < -0.3 is 9.73 Å². The Morgan fingerprint density at radius 2 is 2.29 bits per heavy atom. The molecule has 0 amide bonds. The van der Waals surface area contributed by atoms with Crippen LogP contribution in [0.1, 0.15) is 55.7 Å². The summed E-state index contributed by atoms with van der Waals surface area (Å²) in [6.45, 7) is 4.36. The largest absolute Gasteiger partial charge is 0.465 e. The van der Waals surface area contributed by atoms with Crippen molar-refractivity contribution in [3.05, 3.63) is 23.2 Å². The van der Waals surface area contributed by atoms with Crippen molar-refractivity contribution in [2.75, 3.05) is 7.05 Å². The summed E-state index contributed by atoms with van der Waals surface area (Å²) in [5.74, 6) is 2.84. The zero-order valence-corrected chi connectivity index (χ0v) is 9.26. The minimum atomic E-state index is 0.498. The Labute approximate surface area is 85.7 Å². The number of nitrogens with one attached hydrogen (secondary N) is 1. The quantitative estimate of drug-likeness (QED) is 0.781. The molecule has 0 saturated heterocycles. The summed E-state index contributed by atoms with van der Waals surface area (Å²) < 4.78 is 5.86.